The van der Waals surface area contributed by atoms with Crippen LogP contribution in [0.15, 0.2) is 35.7 Å². The molecule has 0 radical (unpaired) electrons. The first-order valence-electron chi connectivity index (χ1n) is 8.95. The lowest BCUT2D eigenvalue weighted by Crippen LogP contribution is -2.13. The van der Waals surface area contributed by atoms with E-state index in [1.807, 2.05) is 44.2 Å². The van der Waals surface area contributed by atoms with Crippen molar-refractivity contribution in [2.45, 2.75) is 20.8 Å². The molecule has 4 rings (SSSR count). The van der Waals surface area contributed by atoms with E-state index >= 15 is 0 Å². The zero-order chi connectivity index (χ0) is 21.4. The van der Waals surface area contributed by atoms with Gasteiger partial charge in [-0.25, -0.2) is 9.48 Å². The number of benzene rings is 1. The number of carboxylic acids is 1. The van der Waals surface area contributed by atoms with E-state index in [1.165, 1.54) is 11.3 Å². The molecule has 10 heteroatoms. The second-order valence-electron chi connectivity index (χ2n) is 6.59. The van der Waals surface area contributed by atoms with Crippen molar-refractivity contribution in [1.29, 1.82) is 0 Å². The number of hydrogen-bond acceptors (Lipinski definition) is 7. The number of amides is 1. The Labute approximate surface area is 180 Å². The van der Waals surface area contributed by atoms with E-state index in [0.717, 1.165) is 28.5 Å². The number of aryl methyl sites for hydroxylation is 2. The fourth-order valence-corrected chi connectivity index (χ4v) is 4.79. The molecule has 0 saturated heterocycles. The van der Waals surface area contributed by atoms with Crippen LogP contribution in [0.5, 0.6) is 0 Å². The summed E-state index contributed by atoms with van der Waals surface area (Å²) in [5.41, 5.74) is 4.22. The molecule has 0 unspecified atom stereocenters. The van der Waals surface area contributed by atoms with E-state index in [9.17, 15) is 14.7 Å². The van der Waals surface area contributed by atoms with Gasteiger partial charge in [0.05, 0.1) is 17.1 Å². The molecule has 3 aromatic heterocycles. The van der Waals surface area contributed by atoms with Crippen molar-refractivity contribution in [3.63, 3.8) is 0 Å². The van der Waals surface area contributed by atoms with E-state index in [2.05, 4.69) is 20.0 Å². The maximum Gasteiger partial charge on any atom is 0.339 e. The van der Waals surface area contributed by atoms with Gasteiger partial charge in [-0.3, -0.25) is 4.79 Å². The molecule has 0 saturated carbocycles. The number of aromatic nitrogens is 4. The summed E-state index contributed by atoms with van der Waals surface area (Å²) in [6, 6.07) is 9.64. The number of rotatable bonds is 5. The van der Waals surface area contributed by atoms with Crippen LogP contribution >= 0.6 is 22.9 Å². The van der Waals surface area contributed by atoms with Crippen molar-refractivity contribution in [3.8, 4) is 16.8 Å². The monoisotopic (exact) mass is 439 g/mol. The Balaban J connectivity index is 1.78. The quantitative estimate of drug-likeness (QED) is 0.479. The predicted octanol–water partition coefficient (Wildman–Crippen LogP) is 4.33. The van der Waals surface area contributed by atoms with Crippen molar-refractivity contribution in [2.75, 3.05) is 5.32 Å². The number of aromatic carboxylic acids is 1. The van der Waals surface area contributed by atoms with E-state index in [0.29, 0.717) is 21.8 Å². The number of hydrogen-bond donors (Lipinski definition) is 2. The topological polar surface area (TPSA) is 110 Å². The molecule has 0 spiro atoms. The number of carbonyl (C=O) groups excluding carboxylic acids is 1. The summed E-state index contributed by atoms with van der Waals surface area (Å²) in [4.78, 5) is 25.0. The Bertz CT molecular complexity index is 1260. The first-order chi connectivity index (χ1) is 14.4. The highest BCUT2D eigenvalue weighted by molar-refractivity contribution is 7.15. The first-order valence-corrected chi connectivity index (χ1v) is 10.6. The summed E-state index contributed by atoms with van der Waals surface area (Å²) in [6.07, 6.45) is 0. The molecule has 152 valence electrons. The van der Waals surface area contributed by atoms with Crippen LogP contribution in [-0.4, -0.2) is 36.4 Å². The number of carboxylic acid groups (broad SMARTS) is 1. The molecule has 3 heterocycles. The molecule has 8 nitrogen and oxygen atoms in total. The molecule has 2 N–H and O–H groups in total. The van der Waals surface area contributed by atoms with Gasteiger partial charge in [0.15, 0.2) is 0 Å². The molecule has 0 aliphatic heterocycles. The second-order valence-corrected chi connectivity index (χ2v) is 8.23. The van der Waals surface area contributed by atoms with E-state index in [1.54, 1.807) is 17.0 Å². The summed E-state index contributed by atoms with van der Waals surface area (Å²) >= 11 is 2.14. The third kappa shape index (κ3) is 3.40. The average Bonchev–Trinajstić information content (AvgIpc) is 3.40. The van der Waals surface area contributed by atoms with Crippen molar-refractivity contribution in [3.05, 3.63) is 63.2 Å². The SMILES string of the molecule is Cc1nnsc1C(=O)Nc1scc(-c2c(C)nn(-c3ccccc3)c2C)c1C(=O)O. The lowest BCUT2D eigenvalue weighted by atomic mass is 10.0. The van der Waals surface area contributed by atoms with Gasteiger partial charge in [-0.2, -0.15) is 5.10 Å². The Kier molecular flexibility index (Phi) is 5.18. The third-order valence-electron chi connectivity index (χ3n) is 4.65. The van der Waals surface area contributed by atoms with Crippen molar-refractivity contribution in [1.82, 2.24) is 19.4 Å². The molecule has 0 aliphatic rings. The largest absolute Gasteiger partial charge is 0.478 e. The lowest BCUT2D eigenvalue weighted by Gasteiger charge is -2.07. The van der Waals surface area contributed by atoms with Crippen LogP contribution < -0.4 is 5.32 Å². The first kappa shape index (κ1) is 19.9. The van der Waals surface area contributed by atoms with Crippen LogP contribution in [0.4, 0.5) is 5.00 Å². The van der Waals surface area contributed by atoms with Gasteiger partial charge in [-0.05, 0) is 44.4 Å². The number of anilines is 1. The summed E-state index contributed by atoms with van der Waals surface area (Å²) in [5.74, 6) is -1.54. The molecule has 1 aromatic carbocycles. The smallest absolute Gasteiger partial charge is 0.339 e. The average molecular weight is 440 g/mol. The Morgan fingerprint density at radius 1 is 1.10 bits per heavy atom. The standard InChI is InChI=1S/C20H17N5O3S2/c1-10-15(12(3)25(23-10)13-7-5-4-6-8-13)14-9-29-19(16(14)20(27)28)21-18(26)17-11(2)22-24-30-17/h4-9H,1-3H3,(H,21,26)(H,27,28). The van der Waals surface area contributed by atoms with E-state index in [4.69, 9.17) is 0 Å². The normalized spacial score (nSPS) is 10.9. The summed E-state index contributed by atoms with van der Waals surface area (Å²) in [7, 11) is 0. The number of nitrogens with zero attached hydrogens (tertiary/aromatic N) is 4. The number of thiophene rings is 1. The number of para-hydroxylation sites is 1. The van der Waals surface area contributed by atoms with Gasteiger partial charge in [0.25, 0.3) is 5.91 Å². The zero-order valence-corrected chi connectivity index (χ0v) is 18.0. The van der Waals surface area contributed by atoms with Crippen LogP contribution in [0.2, 0.25) is 0 Å². The van der Waals surface area contributed by atoms with Gasteiger partial charge in [0.2, 0.25) is 0 Å². The van der Waals surface area contributed by atoms with Crippen molar-refractivity contribution >= 4 is 39.7 Å². The highest BCUT2D eigenvalue weighted by Crippen LogP contribution is 2.39. The lowest BCUT2D eigenvalue weighted by molar-refractivity contribution is 0.0699. The molecule has 1 amide bonds. The summed E-state index contributed by atoms with van der Waals surface area (Å²) < 4.78 is 5.55. The van der Waals surface area contributed by atoms with Crippen molar-refractivity contribution < 1.29 is 14.7 Å². The molecule has 0 aliphatic carbocycles. The second kappa shape index (κ2) is 7.81. The van der Waals surface area contributed by atoms with Gasteiger partial charge in [0, 0.05) is 22.2 Å². The predicted molar refractivity (Wildman–Crippen MR) is 116 cm³/mol. The van der Waals surface area contributed by atoms with Gasteiger partial charge in [-0.1, -0.05) is 22.7 Å². The van der Waals surface area contributed by atoms with Crippen LogP contribution in [0, 0.1) is 20.8 Å². The Hall–Kier alpha value is -3.37. The zero-order valence-electron chi connectivity index (χ0n) is 16.3. The minimum Gasteiger partial charge on any atom is -0.478 e. The van der Waals surface area contributed by atoms with Crippen LogP contribution in [-0.2, 0) is 0 Å². The molecule has 30 heavy (non-hydrogen) atoms. The highest BCUT2D eigenvalue weighted by Gasteiger charge is 2.26. The van der Waals surface area contributed by atoms with Gasteiger partial charge >= 0.3 is 5.97 Å². The molecular formula is C20H17N5O3S2. The van der Waals surface area contributed by atoms with Gasteiger partial charge < -0.3 is 10.4 Å². The fraction of sp³-hybridized carbons (Fsp3) is 0.150. The van der Waals surface area contributed by atoms with E-state index in [-0.39, 0.29) is 10.6 Å². The summed E-state index contributed by atoms with van der Waals surface area (Å²) in [5, 5.41) is 23.0. The number of carbonyl (C=O) groups is 2. The van der Waals surface area contributed by atoms with Crippen LogP contribution in [0.3, 0.4) is 0 Å². The fourth-order valence-electron chi connectivity index (χ4n) is 3.30. The van der Waals surface area contributed by atoms with Crippen LogP contribution in [0.1, 0.15) is 37.1 Å². The molecule has 0 fully saturated rings. The number of nitrogens with one attached hydrogen (secondary N) is 1. The minimum atomic E-state index is -1.12. The Morgan fingerprint density at radius 2 is 1.83 bits per heavy atom. The van der Waals surface area contributed by atoms with Gasteiger partial charge in [0.1, 0.15) is 15.4 Å². The van der Waals surface area contributed by atoms with E-state index < -0.39 is 11.9 Å². The highest BCUT2D eigenvalue weighted by atomic mass is 32.1. The Morgan fingerprint density at radius 3 is 2.47 bits per heavy atom. The molecular weight excluding hydrogens is 422 g/mol. The summed E-state index contributed by atoms with van der Waals surface area (Å²) in [6.45, 7) is 5.42. The molecule has 0 bridgehead atoms. The van der Waals surface area contributed by atoms with Gasteiger partial charge in [-0.15, -0.1) is 16.4 Å². The molecule has 4 aromatic rings. The third-order valence-corrected chi connectivity index (χ3v) is 6.37. The molecule has 0 atom stereocenters. The van der Waals surface area contributed by atoms with Crippen molar-refractivity contribution in [2.24, 2.45) is 0 Å². The minimum absolute atomic E-state index is 0.0438. The van der Waals surface area contributed by atoms with Crippen LogP contribution in [0.25, 0.3) is 16.8 Å². The maximum atomic E-state index is 12.6. The maximum absolute atomic E-state index is 12.6.